The van der Waals surface area contributed by atoms with E-state index in [0.717, 1.165) is 0 Å². The maximum absolute atomic E-state index is 13.4. The second kappa shape index (κ2) is 15.0. The molecule has 1 N–H and O–H groups in total. The standard InChI is InChI=1S/C34H49N3O11/c1-31(2,3)27(38)44-18-22-23(46-28(39)32(4,5)6)24(47-29(40)33(7,8)9)25(48-30(41)34(10,11)12)26(45-22)36-21(17-35)19-14-13-15-20(16-19)37(42)43/h13-16,21-26,36H,18H2,1-12H3/t21-,22-,23-,24+,25-,26-/m1/s1. The molecule has 0 aliphatic carbocycles. The normalized spacial score (nSPS) is 22.4. The van der Waals surface area contributed by atoms with Crippen molar-refractivity contribution in [2.24, 2.45) is 21.7 Å². The van der Waals surface area contributed by atoms with Gasteiger partial charge in [0.05, 0.1) is 32.7 Å². The van der Waals surface area contributed by atoms with Crippen molar-refractivity contribution in [3.63, 3.8) is 0 Å². The van der Waals surface area contributed by atoms with Gasteiger partial charge in [0, 0.05) is 12.1 Å². The van der Waals surface area contributed by atoms with E-state index in [2.05, 4.69) is 5.32 Å². The first kappa shape index (κ1) is 40.1. The van der Waals surface area contributed by atoms with E-state index in [1.807, 2.05) is 6.07 Å². The molecule has 0 aromatic heterocycles. The molecule has 0 amide bonds. The number of hydrogen-bond acceptors (Lipinski definition) is 13. The van der Waals surface area contributed by atoms with Crippen molar-refractivity contribution in [1.82, 2.24) is 5.32 Å². The molecule has 0 spiro atoms. The first-order chi connectivity index (χ1) is 21.8. The van der Waals surface area contributed by atoms with Crippen LogP contribution in [0.3, 0.4) is 0 Å². The average molecular weight is 676 g/mol. The highest BCUT2D eigenvalue weighted by Crippen LogP contribution is 2.34. The molecule has 14 nitrogen and oxygen atoms in total. The number of rotatable bonds is 9. The molecule has 0 bridgehead atoms. The minimum absolute atomic E-state index is 0.191. The van der Waals surface area contributed by atoms with Crippen molar-refractivity contribution in [2.75, 3.05) is 6.61 Å². The molecule has 266 valence electrons. The van der Waals surface area contributed by atoms with Gasteiger partial charge in [0.15, 0.2) is 24.5 Å². The molecule has 2 rings (SSSR count). The van der Waals surface area contributed by atoms with Crippen LogP contribution in [0.4, 0.5) is 5.69 Å². The van der Waals surface area contributed by atoms with Crippen molar-refractivity contribution < 1.29 is 47.8 Å². The Labute approximate surface area is 281 Å². The summed E-state index contributed by atoms with van der Waals surface area (Å²) in [7, 11) is 0. The Hall–Kier alpha value is -4.09. The van der Waals surface area contributed by atoms with Crippen molar-refractivity contribution in [1.29, 1.82) is 5.26 Å². The number of benzene rings is 1. The highest BCUT2D eigenvalue weighted by molar-refractivity contribution is 5.78. The van der Waals surface area contributed by atoms with E-state index in [1.54, 1.807) is 83.1 Å². The van der Waals surface area contributed by atoms with Crippen LogP contribution in [0.25, 0.3) is 0 Å². The summed E-state index contributed by atoms with van der Waals surface area (Å²) in [6, 6.07) is 6.12. The van der Waals surface area contributed by atoms with Crippen LogP contribution in [0.2, 0.25) is 0 Å². The first-order valence-electron chi connectivity index (χ1n) is 15.6. The predicted molar refractivity (Wildman–Crippen MR) is 172 cm³/mol. The Morgan fingerprint density at radius 2 is 1.27 bits per heavy atom. The molecular formula is C34H49N3O11. The zero-order chi connectivity index (χ0) is 37.0. The molecule has 1 aliphatic rings. The van der Waals surface area contributed by atoms with E-state index >= 15 is 0 Å². The number of nitrogens with zero attached hydrogens (tertiary/aromatic N) is 2. The minimum atomic E-state index is -1.52. The average Bonchev–Trinajstić information content (AvgIpc) is 2.94. The van der Waals surface area contributed by atoms with Gasteiger partial charge in [-0.05, 0) is 88.6 Å². The number of nitrogens with one attached hydrogen (secondary N) is 1. The van der Waals surface area contributed by atoms with Crippen LogP contribution in [-0.4, -0.2) is 66.1 Å². The summed E-state index contributed by atoms with van der Waals surface area (Å²) >= 11 is 0. The highest BCUT2D eigenvalue weighted by Gasteiger charge is 2.55. The summed E-state index contributed by atoms with van der Waals surface area (Å²) < 4.78 is 29.7. The van der Waals surface area contributed by atoms with Crippen LogP contribution >= 0.6 is 0 Å². The molecule has 6 atom stereocenters. The highest BCUT2D eigenvalue weighted by atomic mass is 16.7. The number of nitriles is 1. The lowest BCUT2D eigenvalue weighted by Crippen LogP contribution is -2.66. The summed E-state index contributed by atoms with van der Waals surface area (Å²) in [5, 5.41) is 24.6. The summed E-state index contributed by atoms with van der Waals surface area (Å²) in [6.07, 6.45) is -7.24. The van der Waals surface area contributed by atoms with E-state index in [4.69, 9.17) is 23.7 Å². The predicted octanol–water partition coefficient (Wildman–Crippen LogP) is 4.94. The van der Waals surface area contributed by atoms with Gasteiger partial charge in [-0.3, -0.25) is 34.6 Å². The van der Waals surface area contributed by atoms with Crippen LogP contribution in [-0.2, 0) is 42.9 Å². The van der Waals surface area contributed by atoms with Gasteiger partial charge in [0.1, 0.15) is 18.8 Å². The van der Waals surface area contributed by atoms with Crippen LogP contribution in [0.5, 0.6) is 0 Å². The smallest absolute Gasteiger partial charge is 0.311 e. The number of hydrogen-bond donors (Lipinski definition) is 1. The fourth-order valence-electron chi connectivity index (χ4n) is 4.05. The van der Waals surface area contributed by atoms with Gasteiger partial charge >= 0.3 is 23.9 Å². The van der Waals surface area contributed by atoms with Gasteiger partial charge in [-0.25, -0.2) is 0 Å². The lowest BCUT2D eigenvalue weighted by atomic mass is 9.92. The third-order valence-electron chi connectivity index (χ3n) is 7.07. The monoisotopic (exact) mass is 675 g/mol. The van der Waals surface area contributed by atoms with Crippen LogP contribution in [0.15, 0.2) is 24.3 Å². The van der Waals surface area contributed by atoms with Crippen LogP contribution in [0, 0.1) is 43.1 Å². The van der Waals surface area contributed by atoms with Gasteiger partial charge in [-0.1, -0.05) is 12.1 Å². The maximum Gasteiger partial charge on any atom is 0.311 e. The Balaban J connectivity index is 2.79. The summed E-state index contributed by atoms with van der Waals surface area (Å²) in [5.74, 6) is -2.78. The molecule has 0 saturated carbocycles. The largest absolute Gasteiger partial charge is 0.462 e. The van der Waals surface area contributed by atoms with Gasteiger partial charge in [-0.15, -0.1) is 0 Å². The summed E-state index contributed by atoms with van der Waals surface area (Å²) in [4.78, 5) is 63.8. The number of carbonyl (C=O) groups is 4. The molecule has 1 aliphatic heterocycles. The molecule has 48 heavy (non-hydrogen) atoms. The fourth-order valence-corrected chi connectivity index (χ4v) is 4.05. The third-order valence-corrected chi connectivity index (χ3v) is 7.07. The molecular weight excluding hydrogens is 626 g/mol. The van der Waals surface area contributed by atoms with E-state index in [9.17, 15) is 34.6 Å². The summed E-state index contributed by atoms with van der Waals surface area (Å²) in [6.45, 7) is 18.9. The van der Waals surface area contributed by atoms with Crippen molar-refractivity contribution in [2.45, 2.75) is 120 Å². The number of nitro groups is 1. The number of esters is 4. The van der Waals surface area contributed by atoms with Crippen molar-refractivity contribution in [3.05, 3.63) is 39.9 Å². The zero-order valence-corrected chi connectivity index (χ0v) is 29.9. The fraction of sp³-hybridized carbons (Fsp3) is 0.676. The zero-order valence-electron chi connectivity index (χ0n) is 29.9. The molecule has 0 radical (unpaired) electrons. The van der Waals surface area contributed by atoms with Crippen LogP contribution in [0.1, 0.15) is 94.7 Å². The number of carbonyl (C=O) groups excluding carboxylic acids is 4. The molecule has 1 saturated heterocycles. The number of non-ortho nitro benzene ring substituents is 1. The molecule has 1 aromatic rings. The quantitative estimate of drug-likeness (QED) is 0.160. The van der Waals surface area contributed by atoms with E-state index < -0.39 is 93.8 Å². The van der Waals surface area contributed by atoms with Gasteiger partial charge in [0.2, 0.25) is 0 Å². The lowest BCUT2D eigenvalue weighted by Gasteiger charge is -2.46. The van der Waals surface area contributed by atoms with Gasteiger partial charge < -0.3 is 23.7 Å². The van der Waals surface area contributed by atoms with Crippen molar-refractivity contribution >= 4 is 29.6 Å². The molecule has 1 fully saturated rings. The Kier molecular flexibility index (Phi) is 12.5. The first-order valence-corrected chi connectivity index (χ1v) is 15.6. The van der Waals surface area contributed by atoms with Crippen molar-refractivity contribution in [3.8, 4) is 6.07 Å². The summed E-state index contributed by atoms with van der Waals surface area (Å²) in [5.41, 5.74) is -4.16. The Morgan fingerprint density at radius 1 is 0.812 bits per heavy atom. The number of ether oxygens (including phenoxy) is 5. The second-order valence-corrected chi connectivity index (χ2v) is 15.9. The molecule has 1 heterocycles. The molecule has 1 aromatic carbocycles. The minimum Gasteiger partial charge on any atom is -0.462 e. The number of nitro benzene ring substituents is 1. The Morgan fingerprint density at radius 3 is 1.71 bits per heavy atom. The van der Waals surface area contributed by atoms with E-state index in [0.29, 0.717) is 0 Å². The van der Waals surface area contributed by atoms with Gasteiger partial charge in [0.25, 0.3) is 5.69 Å². The second-order valence-electron chi connectivity index (χ2n) is 15.9. The lowest BCUT2D eigenvalue weighted by molar-refractivity contribution is -0.384. The third kappa shape index (κ3) is 10.7. The molecule has 14 heteroatoms. The molecule has 0 unspecified atom stereocenters. The SMILES string of the molecule is CC(C)(C)C(=O)OC[C@H]1O[C@@H](N[C@H](C#N)c2cccc([N+](=O)[O-])c2)[C@H](OC(=O)C(C)(C)C)[C@@H](OC(=O)C(C)(C)C)[C@@H]1OC(=O)C(C)(C)C. The van der Waals surface area contributed by atoms with Crippen LogP contribution < -0.4 is 5.32 Å². The Bertz CT molecular complexity index is 1410. The van der Waals surface area contributed by atoms with E-state index in [-0.39, 0.29) is 11.3 Å². The maximum atomic E-state index is 13.4. The van der Waals surface area contributed by atoms with E-state index in [1.165, 1.54) is 24.3 Å². The van der Waals surface area contributed by atoms with Gasteiger partial charge in [-0.2, -0.15) is 5.26 Å². The topological polar surface area (TPSA) is 193 Å².